The molecule has 9 N–H and O–H groups in total. The van der Waals surface area contributed by atoms with Gasteiger partial charge in [-0.3, -0.25) is 14.4 Å². The molecule has 14 nitrogen and oxygen atoms in total. The van der Waals surface area contributed by atoms with Gasteiger partial charge < -0.3 is 41.9 Å². The number of nitrogens with zero attached hydrogens (tertiary/aromatic N) is 2. The average Bonchev–Trinajstić information content (AvgIpc) is 3.53. The van der Waals surface area contributed by atoms with Crippen LogP contribution < -0.4 is 21.7 Å². The third-order valence-electron chi connectivity index (χ3n) is 5.24. The lowest BCUT2D eigenvalue weighted by Crippen LogP contribution is -2.60. The van der Waals surface area contributed by atoms with Crippen LogP contribution in [-0.2, 0) is 32.0 Å². The number of aliphatic hydroxyl groups excluding tert-OH is 1. The van der Waals surface area contributed by atoms with E-state index in [1.54, 1.807) is 0 Å². The number of nitrogens with one attached hydrogen (secondary N) is 5. The first kappa shape index (κ1) is 28.8. The predicted octanol–water partition coefficient (Wildman–Crippen LogP) is -2.08. The number of imidazole rings is 2. The molecular weight excluding hydrogens is 492 g/mol. The zero-order chi connectivity index (χ0) is 26.7. The summed E-state index contributed by atoms with van der Waals surface area (Å²) in [6.45, 7) is 1.27. The van der Waals surface area contributed by atoms with Crippen molar-refractivity contribution in [3.8, 4) is 0 Å². The lowest BCUT2D eigenvalue weighted by atomic mass is 10.1. The molecule has 0 spiro atoms. The number of aliphatic hydroxyl groups is 1. The first-order valence-corrected chi connectivity index (χ1v) is 12.5. The van der Waals surface area contributed by atoms with E-state index in [9.17, 15) is 29.4 Å². The van der Waals surface area contributed by atoms with Crippen molar-refractivity contribution in [1.29, 1.82) is 0 Å². The molecule has 2 aromatic rings. The second-order valence-corrected chi connectivity index (χ2v) is 9.12. The molecule has 0 aliphatic heterocycles. The number of thioether (sulfide) groups is 1. The highest BCUT2D eigenvalue weighted by Gasteiger charge is 2.33. The Hall–Kier alpha value is -3.43. The topological polar surface area (TPSA) is 228 Å². The second-order valence-electron chi connectivity index (χ2n) is 8.14. The van der Waals surface area contributed by atoms with E-state index >= 15 is 0 Å². The standard InChI is InChI=1S/C21H32N8O6S/c1-11(30)17(20(33)28-16(21(34)35)6-13-8-24-10-26-13)29-19(32)15(5-12-7-23-9-25-12)27-18(31)14(22)3-4-36-2/h7-11,14-17,30H,3-6,22H2,1-2H3,(H,23,25)(H,24,26)(H,27,31)(H,28,33)(H,29,32)(H,34,35). The number of carbonyl (C=O) groups excluding carboxylic acids is 3. The molecule has 0 saturated carbocycles. The number of amides is 3. The molecule has 2 heterocycles. The fraction of sp³-hybridized carbons (Fsp3) is 0.524. The third kappa shape index (κ3) is 8.98. The van der Waals surface area contributed by atoms with Crippen LogP contribution >= 0.6 is 11.8 Å². The van der Waals surface area contributed by atoms with Crippen LogP contribution in [-0.4, -0.2) is 96.1 Å². The molecule has 5 unspecified atom stereocenters. The smallest absolute Gasteiger partial charge is 0.326 e. The number of aliphatic carboxylic acids is 1. The van der Waals surface area contributed by atoms with E-state index in [4.69, 9.17) is 5.73 Å². The number of rotatable bonds is 15. The molecule has 5 atom stereocenters. The van der Waals surface area contributed by atoms with E-state index < -0.39 is 54.0 Å². The van der Waals surface area contributed by atoms with Gasteiger partial charge in [-0.25, -0.2) is 14.8 Å². The summed E-state index contributed by atoms with van der Waals surface area (Å²) < 4.78 is 0. The highest BCUT2D eigenvalue weighted by molar-refractivity contribution is 7.98. The first-order chi connectivity index (χ1) is 17.1. The lowest BCUT2D eigenvalue weighted by molar-refractivity contribution is -0.143. The Morgan fingerprint density at radius 3 is 2.00 bits per heavy atom. The summed E-state index contributed by atoms with van der Waals surface area (Å²) in [5, 5.41) is 27.0. The van der Waals surface area contributed by atoms with Crippen molar-refractivity contribution in [2.24, 2.45) is 5.73 Å². The summed E-state index contributed by atoms with van der Waals surface area (Å²) in [5.74, 6) is -2.88. The number of H-pyrrole nitrogens is 2. The van der Waals surface area contributed by atoms with Crippen LogP contribution in [0.3, 0.4) is 0 Å². The van der Waals surface area contributed by atoms with Crippen molar-refractivity contribution >= 4 is 35.5 Å². The number of carboxylic acid groups (broad SMARTS) is 1. The molecule has 36 heavy (non-hydrogen) atoms. The van der Waals surface area contributed by atoms with Crippen molar-refractivity contribution in [2.45, 2.75) is 56.5 Å². The summed E-state index contributed by atoms with van der Waals surface area (Å²) in [6.07, 6.45) is 6.51. The minimum atomic E-state index is -1.49. The average molecular weight is 525 g/mol. The highest BCUT2D eigenvalue weighted by Crippen LogP contribution is 2.05. The Balaban J connectivity index is 2.13. The van der Waals surface area contributed by atoms with Gasteiger partial charge in [-0.15, -0.1) is 0 Å². The molecule has 0 aliphatic carbocycles. The number of hydrogen-bond donors (Lipinski definition) is 8. The monoisotopic (exact) mass is 524 g/mol. The van der Waals surface area contributed by atoms with E-state index in [1.165, 1.54) is 43.7 Å². The third-order valence-corrected chi connectivity index (χ3v) is 5.88. The van der Waals surface area contributed by atoms with Crippen LogP contribution in [0.25, 0.3) is 0 Å². The van der Waals surface area contributed by atoms with E-state index in [1.807, 2.05) is 6.26 Å². The van der Waals surface area contributed by atoms with Crippen LogP contribution in [0.4, 0.5) is 0 Å². The highest BCUT2D eigenvalue weighted by atomic mass is 32.2. The first-order valence-electron chi connectivity index (χ1n) is 11.1. The number of carboxylic acids is 1. The molecule has 0 aromatic carbocycles. The molecular formula is C21H32N8O6S. The maximum atomic E-state index is 13.1. The van der Waals surface area contributed by atoms with Gasteiger partial charge in [0.2, 0.25) is 17.7 Å². The fourth-order valence-corrected chi connectivity index (χ4v) is 3.71. The van der Waals surface area contributed by atoms with Crippen LogP contribution in [0.15, 0.2) is 25.0 Å². The molecule has 3 amide bonds. The molecule has 0 bridgehead atoms. The normalized spacial score (nSPS) is 15.2. The van der Waals surface area contributed by atoms with E-state index in [0.29, 0.717) is 23.6 Å². The van der Waals surface area contributed by atoms with Crippen molar-refractivity contribution in [2.75, 3.05) is 12.0 Å². The minimum absolute atomic E-state index is 0.0124. The van der Waals surface area contributed by atoms with Gasteiger partial charge in [0.1, 0.15) is 18.1 Å². The second kappa shape index (κ2) is 14.2. The SMILES string of the molecule is CSCCC(N)C(=O)NC(Cc1cnc[nH]1)C(=O)NC(C(=O)NC(Cc1cnc[nH]1)C(=O)O)C(C)O. The van der Waals surface area contributed by atoms with E-state index in [2.05, 4.69) is 35.9 Å². The number of aromatic nitrogens is 4. The summed E-state index contributed by atoms with van der Waals surface area (Å²) in [5.41, 5.74) is 6.93. The van der Waals surface area contributed by atoms with Gasteiger partial charge in [-0.2, -0.15) is 11.8 Å². The Bertz CT molecular complexity index is 985. The van der Waals surface area contributed by atoms with Crippen LogP contribution in [0, 0.1) is 0 Å². The Labute approximate surface area is 211 Å². The summed E-state index contributed by atoms with van der Waals surface area (Å²) in [7, 11) is 0. The summed E-state index contributed by atoms with van der Waals surface area (Å²) >= 11 is 1.53. The molecule has 0 fully saturated rings. The van der Waals surface area contributed by atoms with Crippen molar-refractivity contribution < 1.29 is 29.4 Å². The van der Waals surface area contributed by atoms with E-state index in [0.717, 1.165) is 0 Å². The lowest BCUT2D eigenvalue weighted by Gasteiger charge is -2.26. The Kier molecular flexibility index (Phi) is 11.4. The molecule has 2 rings (SSSR count). The Morgan fingerprint density at radius 2 is 1.53 bits per heavy atom. The van der Waals surface area contributed by atoms with Gasteiger partial charge in [-0.1, -0.05) is 0 Å². The van der Waals surface area contributed by atoms with Crippen molar-refractivity contribution in [3.63, 3.8) is 0 Å². The zero-order valence-corrected chi connectivity index (χ0v) is 20.7. The molecule has 0 aliphatic rings. The predicted molar refractivity (Wildman–Crippen MR) is 131 cm³/mol. The Morgan fingerprint density at radius 1 is 0.972 bits per heavy atom. The number of nitrogens with two attached hydrogens (primary N) is 1. The number of aromatic amines is 2. The summed E-state index contributed by atoms with van der Waals surface area (Å²) in [6, 6.07) is -4.82. The van der Waals surface area contributed by atoms with Gasteiger partial charge in [0.25, 0.3) is 0 Å². The molecule has 15 heteroatoms. The van der Waals surface area contributed by atoms with Gasteiger partial charge in [0.15, 0.2) is 0 Å². The fourth-order valence-electron chi connectivity index (χ4n) is 3.22. The van der Waals surface area contributed by atoms with Gasteiger partial charge in [-0.05, 0) is 25.4 Å². The van der Waals surface area contributed by atoms with Gasteiger partial charge >= 0.3 is 5.97 Å². The largest absolute Gasteiger partial charge is 0.480 e. The zero-order valence-electron chi connectivity index (χ0n) is 19.9. The summed E-state index contributed by atoms with van der Waals surface area (Å²) in [4.78, 5) is 63.5. The maximum Gasteiger partial charge on any atom is 0.326 e. The van der Waals surface area contributed by atoms with Crippen molar-refractivity contribution in [1.82, 2.24) is 35.9 Å². The van der Waals surface area contributed by atoms with Gasteiger partial charge in [0.05, 0.1) is 24.8 Å². The molecule has 198 valence electrons. The van der Waals surface area contributed by atoms with Gasteiger partial charge in [0, 0.05) is 36.6 Å². The minimum Gasteiger partial charge on any atom is -0.480 e. The van der Waals surface area contributed by atoms with Crippen molar-refractivity contribution in [3.05, 3.63) is 36.4 Å². The van der Waals surface area contributed by atoms with E-state index in [-0.39, 0.29) is 12.8 Å². The van der Waals surface area contributed by atoms with Crippen LogP contribution in [0.1, 0.15) is 24.7 Å². The van der Waals surface area contributed by atoms with Crippen LogP contribution in [0.2, 0.25) is 0 Å². The molecule has 0 saturated heterocycles. The number of hydrogen-bond acceptors (Lipinski definition) is 9. The number of carbonyl (C=O) groups is 4. The maximum absolute atomic E-state index is 13.1. The quantitative estimate of drug-likeness (QED) is 0.127. The molecule has 2 aromatic heterocycles. The molecule has 0 radical (unpaired) electrons. The van der Waals surface area contributed by atoms with Crippen LogP contribution in [0.5, 0.6) is 0 Å².